The van der Waals surface area contributed by atoms with Gasteiger partial charge in [-0.05, 0) is 48.7 Å². The summed E-state index contributed by atoms with van der Waals surface area (Å²) in [5.74, 6) is -1.46. The van der Waals surface area contributed by atoms with E-state index in [9.17, 15) is 14.4 Å². The smallest absolute Gasteiger partial charge is 0.329 e. The van der Waals surface area contributed by atoms with E-state index in [2.05, 4.69) is 21.2 Å². The summed E-state index contributed by atoms with van der Waals surface area (Å²) in [5.41, 5.74) is 4.52. The number of carbonyl (C=O) groups is 3. The van der Waals surface area contributed by atoms with Crippen molar-refractivity contribution < 1.29 is 23.9 Å². The lowest BCUT2D eigenvalue weighted by molar-refractivity contribution is -0.139. The van der Waals surface area contributed by atoms with Crippen molar-refractivity contribution in [2.75, 3.05) is 32.2 Å². The highest BCUT2D eigenvalue weighted by Gasteiger charge is 2.11. The number of nitrogens with one attached hydrogen (secondary N) is 3. The first kappa shape index (κ1) is 23.6. The van der Waals surface area contributed by atoms with Gasteiger partial charge in [0, 0.05) is 25.9 Å². The number of anilines is 1. The molecular formula is C22H26N4O5. The van der Waals surface area contributed by atoms with Crippen LogP contribution < -0.4 is 20.8 Å². The number of hydrazone groups is 1. The molecule has 9 nitrogen and oxygen atoms in total. The third kappa shape index (κ3) is 9.09. The first-order valence-electron chi connectivity index (χ1n) is 9.67. The van der Waals surface area contributed by atoms with E-state index in [0.29, 0.717) is 36.6 Å². The Morgan fingerprint density at radius 3 is 2.65 bits per heavy atom. The molecule has 0 aliphatic rings. The summed E-state index contributed by atoms with van der Waals surface area (Å²) in [5, 5.41) is 8.99. The van der Waals surface area contributed by atoms with E-state index >= 15 is 0 Å². The van der Waals surface area contributed by atoms with Crippen LogP contribution in [-0.4, -0.2) is 50.8 Å². The number of nitrogens with zero attached hydrogens (tertiary/aromatic N) is 1. The van der Waals surface area contributed by atoms with Crippen LogP contribution in [0.2, 0.25) is 0 Å². The molecule has 2 aromatic rings. The number of carbonyl (C=O) groups excluding carboxylic acids is 3. The maximum Gasteiger partial charge on any atom is 0.329 e. The predicted octanol–water partition coefficient (Wildman–Crippen LogP) is 1.62. The van der Waals surface area contributed by atoms with Gasteiger partial charge in [-0.25, -0.2) is 5.43 Å². The minimum absolute atomic E-state index is 0.158. The Kier molecular flexibility index (Phi) is 9.70. The Bertz CT molecular complexity index is 930. The van der Waals surface area contributed by atoms with Gasteiger partial charge in [-0.2, -0.15) is 5.10 Å². The third-order valence-electron chi connectivity index (χ3n) is 3.93. The Hall–Kier alpha value is -3.72. The number of hydrogen-bond donors (Lipinski definition) is 3. The number of aryl methyl sites for hydroxylation is 1. The Morgan fingerprint density at radius 1 is 1.06 bits per heavy atom. The lowest BCUT2D eigenvalue weighted by atomic mass is 10.2. The molecule has 0 aromatic heterocycles. The second-order valence-electron chi connectivity index (χ2n) is 6.58. The van der Waals surface area contributed by atoms with E-state index in [1.807, 2.05) is 25.1 Å². The van der Waals surface area contributed by atoms with Gasteiger partial charge >= 0.3 is 11.8 Å². The summed E-state index contributed by atoms with van der Waals surface area (Å²) in [6.45, 7) is 2.61. The molecule has 0 unspecified atom stereocenters. The van der Waals surface area contributed by atoms with E-state index in [4.69, 9.17) is 9.47 Å². The largest absolute Gasteiger partial charge is 0.484 e. The number of methoxy groups -OCH3 is 1. The molecular weight excluding hydrogens is 400 g/mol. The van der Waals surface area contributed by atoms with Crippen molar-refractivity contribution in [3.63, 3.8) is 0 Å². The zero-order valence-corrected chi connectivity index (χ0v) is 17.5. The molecule has 0 spiro atoms. The van der Waals surface area contributed by atoms with Crippen LogP contribution in [0.3, 0.4) is 0 Å². The van der Waals surface area contributed by atoms with Gasteiger partial charge in [0.2, 0.25) is 0 Å². The van der Waals surface area contributed by atoms with Crippen molar-refractivity contribution >= 4 is 29.6 Å². The van der Waals surface area contributed by atoms with Crippen molar-refractivity contribution in [3.05, 3.63) is 59.7 Å². The number of hydrogen-bond acceptors (Lipinski definition) is 6. The van der Waals surface area contributed by atoms with Crippen LogP contribution in [0.5, 0.6) is 5.75 Å². The lowest BCUT2D eigenvalue weighted by Gasteiger charge is -2.08. The highest BCUT2D eigenvalue weighted by atomic mass is 16.5. The van der Waals surface area contributed by atoms with Crippen molar-refractivity contribution in [1.82, 2.24) is 10.7 Å². The molecule has 0 atom stereocenters. The average Bonchev–Trinajstić information content (AvgIpc) is 2.75. The normalized spacial score (nSPS) is 10.5. The summed E-state index contributed by atoms with van der Waals surface area (Å²) < 4.78 is 10.4. The van der Waals surface area contributed by atoms with Crippen LogP contribution in [0.4, 0.5) is 5.69 Å². The molecule has 3 amide bonds. The van der Waals surface area contributed by atoms with Gasteiger partial charge in [-0.15, -0.1) is 0 Å². The quantitative estimate of drug-likeness (QED) is 0.231. The average molecular weight is 426 g/mol. The summed E-state index contributed by atoms with van der Waals surface area (Å²) in [6, 6.07) is 14.3. The molecule has 0 fully saturated rings. The minimum atomic E-state index is -0.867. The molecule has 0 heterocycles. The molecule has 0 aliphatic heterocycles. The van der Waals surface area contributed by atoms with E-state index in [1.165, 1.54) is 6.21 Å². The van der Waals surface area contributed by atoms with Crippen molar-refractivity contribution in [1.29, 1.82) is 0 Å². The second-order valence-corrected chi connectivity index (χ2v) is 6.58. The molecule has 0 aliphatic carbocycles. The molecule has 2 aromatic carbocycles. The highest BCUT2D eigenvalue weighted by molar-refractivity contribution is 6.35. The fourth-order valence-electron chi connectivity index (χ4n) is 2.47. The SMILES string of the molecule is COCCCNC(=O)C(=O)N/N=C\c1cccc(OCC(=O)Nc2cccc(C)c2)c1. The first-order chi connectivity index (χ1) is 15.0. The van der Waals surface area contributed by atoms with Gasteiger partial charge in [-0.1, -0.05) is 24.3 Å². The fraction of sp³-hybridized carbons (Fsp3) is 0.273. The standard InChI is InChI=1S/C22H26N4O5/c1-16-6-3-8-18(12-16)25-20(27)15-31-19-9-4-7-17(13-19)14-24-26-22(29)21(28)23-10-5-11-30-2/h3-4,6-9,12-14H,5,10-11,15H2,1-2H3,(H,23,28)(H,25,27)(H,26,29)/b24-14-. The van der Waals surface area contributed by atoms with Crippen LogP contribution in [0.1, 0.15) is 17.5 Å². The van der Waals surface area contributed by atoms with Gasteiger partial charge in [0.15, 0.2) is 6.61 Å². The van der Waals surface area contributed by atoms with Gasteiger partial charge in [0.1, 0.15) is 5.75 Å². The van der Waals surface area contributed by atoms with Gasteiger partial charge in [-0.3, -0.25) is 14.4 Å². The van der Waals surface area contributed by atoms with Crippen LogP contribution >= 0.6 is 0 Å². The Balaban J connectivity index is 1.78. The molecule has 0 saturated heterocycles. The first-order valence-corrected chi connectivity index (χ1v) is 9.67. The van der Waals surface area contributed by atoms with Gasteiger partial charge < -0.3 is 20.1 Å². The third-order valence-corrected chi connectivity index (χ3v) is 3.93. The summed E-state index contributed by atoms with van der Waals surface area (Å²) in [4.78, 5) is 35.3. The van der Waals surface area contributed by atoms with Crippen molar-refractivity contribution in [2.24, 2.45) is 5.10 Å². The van der Waals surface area contributed by atoms with Crippen molar-refractivity contribution in [3.8, 4) is 5.75 Å². The number of benzene rings is 2. The molecule has 0 bridgehead atoms. The molecule has 3 N–H and O–H groups in total. The molecule has 0 radical (unpaired) electrons. The van der Waals surface area contributed by atoms with Crippen LogP contribution in [0, 0.1) is 6.92 Å². The zero-order valence-electron chi connectivity index (χ0n) is 17.5. The topological polar surface area (TPSA) is 118 Å². The predicted molar refractivity (Wildman–Crippen MR) is 117 cm³/mol. The van der Waals surface area contributed by atoms with Gasteiger partial charge in [0.05, 0.1) is 6.21 Å². The Labute approximate surface area is 180 Å². The van der Waals surface area contributed by atoms with Gasteiger partial charge in [0.25, 0.3) is 5.91 Å². The van der Waals surface area contributed by atoms with E-state index in [0.717, 1.165) is 5.56 Å². The second kappa shape index (κ2) is 12.8. The molecule has 31 heavy (non-hydrogen) atoms. The number of ether oxygens (including phenoxy) is 2. The monoisotopic (exact) mass is 426 g/mol. The van der Waals surface area contributed by atoms with E-state index in [-0.39, 0.29) is 12.5 Å². The molecule has 0 saturated carbocycles. The molecule has 2 rings (SSSR count). The van der Waals surface area contributed by atoms with Crippen molar-refractivity contribution in [2.45, 2.75) is 13.3 Å². The zero-order chi connectivity index (χ0) is 22.5. The van der Waals surface area contributed by atoms with E-state index < -0.39 is 11.8 Å². The lowest BCUT2D eigenvalue weighted by Crippen LogP contribution is -2.38. The number of rotatable bonds is 10. The Morgan fingerprint density at radius 2 is 1.87 bits per heavy atom. The molecule has 9 heteroatoms. The van der Waals surface area contributed by atoms with Crippen LogP contribution in [-0.2, 0) is 19.1 Å². The minimum Gasteiger partial charge on any atom is -0.484 e. The summed E-state index contributed by atoms with van der Waals surface area (Å²) in [7, 11) is 1.56. The summed E-state index contributed by atoms with van der Waals surface area (Å²) >= 11 is 0. The van der Waals surface area contributed by atoms with Crippen LogP contribution in [0.25, 0.3) is 0 Å². The summed E-state index contributed by atoms with van der Waals surface area (Å²) in [6.07, 6.45) is 1.98. The maximum absolute atomic E-state index is 12.0. The fourth-order valence-corrected chi connectivity index (χ4v) is 2.47. The van der Waals surface area contributed by atoms with Crippen LogP contribution in [0.15, 0.2) is 53.6 Å². The molecule has 164 valence electrons. The highest BCUT2D eigenvalue weighted by Crippen LogP contribution is 2.13. The van der Waals surface area contributed by atoms with E-state index in [1.54, 1.807) is 37.4 Å². The number of amides is 3. The maximum atomic E-state index is 12.0.